The summed E-state index contributed by atoms with van der Waals surface area (Å²) in [7, 11) is 4.09. The molecule has 1 aliphatic heterocycles. The molecule has 112 valence electrons. The molecule has 2 atom stereocenters. The minimum Gasteiger partial charge on any atom is -0.356 e. The van der Waals surface area contributed by atoms with Crippen molar-refractivity contribution in [3.63, 3.8) is 0 Å². The van der Waals surface area contributed by atoms with Crippen LogP contribution in [0.25, 0.3) is 0 Å². The smallest absolute Gasteiger partial charge is 0.224 e. The minimum absolute atomic E-state index is 0.0824. The molecule has 0 aliphatic carbocycles. The van der Waals surface area contributed by atoms with E-state index < -0.39 is 0 Å². The molecule has 1 aliphatic rings. The molecule has 0 aromatic heterocycles. The van der Waals surface area contributed by atoms with Crippen LogP contribution in [0.4, 0.5) is 0 Å². The van der Waals surface area contributed by atoms with Crippen molar-refractivity contribution in [1.82, 2.24) is 15.5 Å². The first kappa shape index (κ1) is 16.4. The van der Waals surface area contributed by atoms with Crippen LogP contribution in [0.3, 0.4) is 0 Å². The van der Waals surface area contributed by atoms with E-state index in [-0.39, 0.29) is 11.8 Å². The van der Waals surface area contributed by atoms with Crippen LogP contribution in [0.2, 0.25) is 0 Å². The van der Waals surface area contributed by atoms with Gasteiger partial charge in [-0.25, -0.2) is 0 Å². The number of nitrogens with one attached hydrogen (secondary N) is 2. The summed E-state index contributed by atoms with van der Waals surface area (Å²) in [5, 5.41) is 6.22. The summed E-state index contributed by atoms with van der Waals surface area (Å²) in [5.41, 5.74) is 0. The van der Waals surface area contributed by atoms with E-state index in [9.17, 15) is 4.79 Å². The van der Waals surface area contributed by atoms with Crippen LogP contribution in [0.1, 0.15) is 33.1 Å². The normalized spacial score (nSPS) is 22.5. The number of likely N-dealkylation sites (tertiary alicyclic amines) is 1. The molecule has 19 heavy (non-hydrogen) atoms. The average Bonchev–Trinajstić information content (AvgIpc) is 2.35. The SMILES string of the molecule is CNCC(C(=O)NCCC1CCCN(C)C1)C(C)C. The molecular weight excluding hydrogens is 238 g/mol. The maximum absolute atomic E-state index is 12.1. The lowest BCUT2D eigenvalue weighted by atomic mass is 9.93. The van der Waals surface area contributed by atoms with Crippen molar-refractivity contribution < 1.29 is 4.79 Å². The minimum atomic E-state index is 0.0824. The van der Waals surface area contributed by atoms with Crippen LogP contribution >= 0.6 is 0 Å². The second kappa shape index (κ2) is 8.54. The Kier molecular flexibility index (Phi) is 7.39. The maximum atomic E-state index is 12.1. The highest BCUT2D eigenvalue weighted by Crippen LogP contribution is 2.18. The Labute approximate surface area is 118 Å². The van der Waals surface area contributed by atoms with E-state index in [2.05, 4.69) is 36.4 Å². The first-order valence-corrected chi connectivity index (χ1v) is 7.65. The fraction of sp³-hybridized carbons (Fsp3) is 0.933. The van der Waals surface area contributed by atoms with E-state index in [1.165, 1.54) is 25.9 Å². The summed E-state index contributed by atoms with van der Waals surface area (Å²) in [6.45, 7) is 8.20. The van der Waals surface area contributed by atoms with Crippen LogP contribution in [-0.2, 0) is 4.79 Å². The molecular formula is C15H31N3O. The highest BCUT2D eigenvalue weighted by atomic mass is 16.1. The van der Waals surface area contributed by atoms with Crippen molar-refractivity contribution in [2.45, 2.75) is 33.1 Å². The molecule has 4 nitrogen and oxygen atoms in total. The van der Waals surface area contributed by atoms with Gasteiger partial charge in [-0.05, 0) is 51.7 Å². The van der Waals surface area contributed by atoms with Crippen LogP contribution in [0.15, 0.2) is 0 Å². The Bertz CT molecular complexity index is 268. The van der Waals surface area contributed by atoms with Gasteiger partial charge >= 0.3 is 0 Å². The van der Waals surface area contributed by atoms with Crippen LogP contribution in [0, 0.1) is 17.8 Å². The molecule has 0 saturated carbocycles. The van der Waals surface area contributed by atoms with Gasteiger partial charge in [0, 0.05) is 19.6 Å². The summed E-state index contributed by atoms with van der Waals surface area (Å²) in [6.07, 6.45) is 3.72. The average molecular weight is 269 g/mol. The van der Waals surface area contributed by atoms with Gasteiger partial charge in [0.15, 0.2) is 0 Å². The molecule has 1 heterocycles. The quantitative estimate of drug-likeness (QED) is 0.733. The molecule has 0 aromatic rings. The number of piperidine rings is 1. The molecule has 1 rings (SSSR count). The van der Waals surface area contributed by atoms with Crippen molar-refractivity contribution in [3.05, 3.63) is 0 Å². The van der Waals surface area contributed by atoms with E-state index in [1.807, 2.05) is 7.05 Å². The summed E-state index contributed by atoms with van der Waals surface area (Å²) in [5.74, 6) is 1.42. The Morgan fingerprint density at radius 3 is 2.74 bits per heavy atom. The van der Waals surface area contributed by atoms with Gasteiger partial charge in [0.1, 0.15) is 0 Å². The molecule has 0 aromatic carbocycles. The highest BCUT2D eigenvalue weighted by molar-refractivity contribution is 5.79. The molecule has 4 heteroatoms. The monoisotopic (exact) mass is 269 g/mol. The third kappa shape index (κ3) is 5.91. The molecule has 1 amide bonds. The molecule has 1 saturated heterocycles. The van der Waals surface area contributed by atoms with Crippen molar-refractivity contribution >= 4 is 5.91 Å². The van der Waals surface area contributed by atoms with E-state index in [0.29, 0.717) is 5.92 Å². The second-order valence-electron chi connectivity index (χ2n) is 6.26. The van der Waals surface area contributed by atoms with E-state index in [4.69, 9.17) is 0 Å². The lowest BCUT2D eigenvalue weighted by Crippen LogP contribution is -2.40. The molecule has 1 fully saturated rings. The first-order chi connectivity index (χ1) is 9.04. The number of carbonyl (C=O) groups is 1. The number of amides is 1. The van der Waals surface area contributed by atoms with E-state index >= 15 is 0 Å². The van der Waals surface area contributed by atoms with E-state index in [0.717, 1.165) is 25.4 Å². The molecule has 0 bridgehead atoms. The summed E-state index contributed by atoms with van der Waals surface area (Å²) in [6, 6.07) is 0. The standard InChI is InChI=1S/C15H31N3O/c1-12(2)14(10-16-3)15(19)17-8-7-13-6-5-9-18(4)11-13/h12-14,16H,5-11H2,1-4H3,(H,17,19). The maximum Gasteiger partial charge on any atom is 0.224 e. The predicted octanol–water partition coefficient (Wildman–Crippen LogP) is 1.33. The zero-order valence-electron chi connectivity index (χ0n) is 13.0. The number of hydrogen-bond acceptors (Lipinski definition) is 3. The third-order valence-electron chi connectivity index (χ3n) is 4.14. The lowest BCUT2D eigenvalue weighted by Gasteiger charge is -2.30. The summed E-state index contributed by atoms with van der Waals surface area (Å²) in [4.78, 5) is 14.5. The Balaban J connectivity index is 2.25. The zero-order chi connectivity index (χ0) is 14.3. The van der Waals surface area contributed by atoms with Gasteiger partial charge < -0.3 is 15.5 Å². The molecule has 0 spiro atoms. The van der Waals surface area contributed by atoms with Crippen molar-refractivity contribution in [2.24, 2.45) is 17.8 Å². The Morgan fingerprint density at radius 2 is 2.16 bits per heavy atom. The number of hydrogen-bond donors (Lipinski definition) is 2. The second-order valence-corrected chi connectivity index (χ2v) is 6.26. The van der Waals surface area contributed by atoms with Gasteiger partial charge in [0.2, 0.25) is 5.91 Å². The van der Waals surface area contributed by atoms with Gasteiger partial charge in [-0.3, -0.25) is 4.79 Å². The molecule has 0 radical (unpaired) electrons. The lowest BCUT2D eigenvalue weighted by molar-refractivity contribution is -0.126. The molecule has 2 unspecified atom stereocenters. The zero-order valence-corrected chi connectivity index (χ0v) is 13.0. The number of rotatable bonds is 7. The first-order valence-electron chi connectivity index (χ1n) is 7.65. The Hall–Kier alpha value is -0.610. The van der Waals surface area contributed by atoms with Crippen molar-refractivity contribution in [1.29, 1.82) is 0 Å². The third-order valence-corrected chi connectivity index (χ3v) is 4.14. The topological polar surface area (TPSA) is 44.4 Å². The van der Waals surface area contributed by atoms with E-state index in [1.54, 1.807) is 0 Å². The van der Waals surface area contributed by atoms with Crippen molar-refractivity contribution in [2.75, 3.05) is 40.3 Å². The van der Waals surface area contributed by atoms with Gasteiger partial charge in [0.25, 0.3) is 0 Å². The van der Waals surface area contributed by atoms with Crippen LogP contribution in [-0.4, -0.2) is 51.1 Å². The molecule has 2 N–H and O–H groups in total. The van der Waals surface area contributed by atoms with Crippen LogP contribution < -0.4 is 10.6 Å². The van der Waals surface area contributed by atoms with Crippen LogP contribution in [0.5, 0.6) is 0 Å². The van der Waals surface area contributed by atoms with Crippen molar-refractivity contribution in [3.8, 4) is 0 Å². The summed E-state index contributed by atoms with van der Waals surface area (Å²) >= 11 is 0. The summed E-state index contributed by atoms with van der Waals surface area (Å²) < 4.78 is 0. The van der Waals surface area contributed by atoms with Gasteiger partial charge in [-0.1, -0.05) is 13.8 Å². The van der Waals surface area contributed by atoms with Gasteiger partial charge in [-0.15, -0.1) is 0 Å². The Morgan fingerprint density at radius 1 is 1.42 bits per heavy atom. The largest absolute Gasteiger partial charge is 0.356 e. The van der Waals surface area contributed by atoms with Gasteiger partial charge in [-0.2, -0.15) is 0 Å². The fourth-order valence-electron chi connectivity index (χ4n) is 2.89. The fourth-order valence-corrected chi connectivity index (χ4v) is 2.89. The number of nitrogens with zero attached hydrogens (tertiary/aromatic N) is 1. The predicted molar refractivity (Wildman–Crippen MR) is 80.1 cm³/mol. The highest BCUT2D eigenvalue weighted by Gasteiger charge is 2.22. The van der Waals surface area contributed by atoms with Gasteiger partial charge in [0.05, 0.1) is 5.92 Å². The number of carbonyl (C=O) groups excluding carboxylic acids is 1.